The third kappa shape index (κ3) is 8.71. The molecule has 0 radical (unpaired) electrons. The molecule has 1 aromatic rings. The van der Waals surface area contributed by atoms with Crippen LogP contribution in [0.2, 0.25) is 0 Å². The Morgan fingerprint density at radius 2 is 2.00 bits per heavy atom. The Morgan fingerprint density at radius 1 is 1.31 bits per heavy atom. The van der Waals surface area contributed by atoms with Gasteiger partial charge in [-0.05, 0) is 37.7 Å². The molecule has 196 valence electrons. The highest BCUT2D eigenvalue weighted by molar-refractivity contribution is 8.13. The van der Waals surface area contributed by atoms with Crippen molar-refractivity contribution in [3.8, 4) is 12.3 Å². The average Bonchev–Trinajstić information content (AvgIpc) is 3.18. The zero-order chi connectivity index (χ0) is 26.0. The van der Waals surface area contributed by atoms with E-state index in [2.05, 4.69) is 24.7 Å². The first-order valence-electron chi connectivity index (χ1n) is 11.3. The molecule has 0 amide bonds. The number of aromatic amines is 1. The lowest BCUT2D eigenvalue weighted by atomic mass is 10.2. The summed E-state index contributed by atoms with van der Waals surface area (Å²) in [6.07, 6.45) is -0.146. The number of rotatable bonds is 12. The van der Waals surface area contributed by atoms with Crippen LogP contribution in [-0.2, 0) is 20.4 Å². The molecule has 1 saturated heterocycles. The minimum absolute atomic E-state index is 0.0384. The highest BCUT2D eigenvalue weighted by Gasteiger charge is 2.40. The Kier molecular flexibility index (Phi) is 11.4. The second-order valence-corrected chi connectivity index (χ2v) is 8.91. The number of hydrogen-bond donors (Lipinski definition) is 1. The quantitative estimate of drug-likeness (QED) is 0.331. The molecule has 9 nitrogen and oxygen atoms in total. The van der Waals surface area contributed by atoms with Gasteiger partial charge in [0.15, 0.2) is 0 Å². The number of ether oxygens (including phenoxy) is 3. The number of terminal acetylenes is 1. The van der Waals surface area contributed by atoms with Gasteiger partial charge >= 0.3 is 17.2 Å². The van der Waals surface area contributed by atoms with Crippen molar-refractivity contribution < 1.29 is 32.2 Å². The molecule has 3 atom stereocenters. The van der Waals surface area contributed by atoms with E-state index in [0.29, 0.717) is 16.5 Å². The van der Waals surface area contributed by atoms with Gasteiger partial charge in [0.1, 0.15) is 31.1 Å². The van der Waals surface area contributed by atoms with Crippen LogP contribution in [0.5, 0.6) is 0 Å². The van der Waals surface area contributed by atoms with Crippen LogP contribution in [0.1, 0.15) is 44.9 Å². The van der Waals surface area contributed by atoms with Crippen LogP contribution < -0.4 is 11.2 Å². The van der Waals surface area contributed by atoms with Crippen molar-refractivity contribution in [2.24, 2.45) is 0 Å². The van der Waals surface area contributed by atoms with Crippen LogP contribution in [0.4, 0.5) is 18.0 Å². The van der Waals surface area contributed by atoms with E-state index in [1.165, 1.54) is 0 Å². The number of nitrogens with zero attached hydrogens (tertiary/aromatic N) is 2. The van der Waals surface area contributed by atoms with Crippen molar-refractivity contribution in [1.82, 2.24) is 14.5 Å². The van der Waals surface area contributed by atoms with Crippen LogP contribution in [0.15, 0.2) is 15.8 Å². The highest BCUT2D eigenvalue weighted by atomic mass is 32.2. The van der Waals surface area contributed by atoms with E-state index in [1.807, 2.05) is 0 Å². The monoisotopic (exact) mass is 521 g/mol. The summed E-state index contributed by atoms with van der Waals surface area (Å²) in [4.78, 5) is 39.8. The molecule has 0 aliphatic carbocycles. The lowest BCUT2D eigenvalue weighted by Gasteiger charge is -2.20. The first-order chi connectivity index (χ1) is 16.6. The van der Waals surface area contributed by atoms with Gasteiger partial charge < -0.3 is 19.1 Å². The fourth-order valence-corrected chi connectivity index (χ4v) is 4.34. The number of nitrogens with one attached hydrogen (secondary N) is 1. The predicted octanol–water partition coefficient (Wildman–Crippen LogP) is 2.85. The summed E-state index contributed by atoms with van der Waals surface area (Å²) in [5.41, 5.74) is -4.15. The number of thioether (sulfide) groups is 1. The van der Waals surface area contributed by atoms with Gasteiger partial charge in [-0.2, -0.15) is 13.2 Å². The molecule has 1 aromatic heterocycles. The maximum absolute atomic E-state index is 13.1. The molecule has 2 rings (SSSR count). The minimum atomic E-state index is -4.96. The maximum Gasteiger partial charge on any atom is 0.423 e. The Morgan fingerprint density at radius 3 is 2.60 bits per heavy atom. The van der Waals surface area contributed by atoms with Gasteiger partial charge in [-0.25, -0.2) is 9.59 Å². The SMILES string of the molecule is C#CCO[C@H]1C[C@H](n2cc(C(F)(F)F)c(=O)[nH]c2=O)O[C@@H]1COC(=O)SCCN(CCC)CCC. The number of alkyl halides is 3. The Bertz CT molecular complexity index is 984. The number of halogens is 3. The van der Waals surface area contributed by atoms with E-state index in [4.69, 9.17) is 20.6 Å². The topological polar surface area (TPSA) is 103 Å². The molecule has 2 heterocycles. The number of carbonyl (C=O) groups is 1. The minimum Gasteiger partial charge on any atom is -0.455 e. The number of H-pyrrole nitrogens is 1. The van der Waals surface area contributed by atoms with E-state index in [0.717, 1.165) is 44.2 Å². The molecule has 35 heavy (non-hydrogen) atoms. The summed E-state index contributed by atoms with van der Waals surface area (Å²) in [5.74, 6) is 2.82. The smallest absolute Gasteiger partial charge is 0.423 e. The van der Waals surface area contributed by atoms with Crippen LogP contribution in [0, 0.1) is 12.3 Å². The summed E-state index contributed by atoms with van der Waals surface area (Å²) >= 11 is 1.01. The third-order valence-electron chi connectivity index (χ3n) is 5.22. The van der Waals surface area contributed by atoms with Crippen LogP contribution >= 0.6 is 11.8 Å². The lowest BCUT2D eigenvalue weighted by Crippen LogP contribution is -2.36. The molecule has 0 unspecified atom stereocenters. The van der Waals surface area contributed by atoms with Crippen molar-refractivity contribution in [2.75, 3.05) is 38.6 Å². The normalized spacial score (nSPS) is 20.2. The zero-order valence-electron chi connectivity index (χ0n) is 19.6. The molecule has 1 aliphatic rings. The fraction of sp³-hybridized carbons (Fsp3) is 0.682. The van der Waals surface area contributed by atoms with Gasteiger partial charge in [0, 0.05) is 24.9 Å². The van der Waals surface area contributed by atoms with Crippen molar-refractivity contribution in [1.29, 1.82) is 0 Å². The van der Waals surface area contributed by atoms with Crippen molar-refractivity contribution in [2.45, 2.75) is 57.7 Å². The summed E-state index contributed by atoms with van der Waals surface area (Å²) in [6, 6.07) is 0. The number of hydrogen-bond acceptors (Lipinski definition) is 8. The number of carbonyl (C=O) groups excluding carboxylic acids is 1. The van der Waals surface area contributed by atoms with Crippen molar-refractivity contribution in [3.63, 3.8) is 0 Å². The van der Waals surface area contributed by atoms with Crippen molar-refractivity contribution in [3.05, 3.63) is 32.6 Å². The van der Waals surface area contributed by atoms with E-state index in [9.17, 15) is 27.6 Å². The van der Waals surface area contributed by atoms with E-state index >= 15 is 0 Å². The second-order valence-electron chi connectivity index (χ2n) is 7.88. The standard InChI is InChI=1S/C22H30F3N3O6S/c1-4-7-27(8-5-2)9-11-35-21(31)33-14-17-16(32-10-6-3)12-18(34-17)28-13-15(22(23,24)25)19(29)26-20(28)30/h3,13,16-18H,4-5,7-12,14H2,1-2H3,(H,26,29,30)/t16-,17+,18+/m0/s1. The van der Waals surface area contributed by atoms with Gasteiger partial charge in [0.2, 0.25) is 0 Å². The van der Waals surface area contributed by atoms with E-state index in [1.54, 1.807) is 4.98 Å². The molecule has 1 fully saturated rings. The molecule has 0 saturated carbocycles. The molecule has 0 bridgehead atoms. The van der Waals surface area contributed by atoms with Crippen LogP contribution in [-0.4, -0.2) is 70.6 Å². The van der Waals surface area contributed by atoms with E-state index < -0.39 is 46.7 Å². The molecule has 13 heteroatoms. The average molecular weight is 522 g/mol. The molecular formula is C22H30F3N3O6S. The lowest BCUT2D eigenvalue weighted by molar-refractivity contribution is -0.139. The van der Waals surface area contributed by atoms with Gasteiger partial charge in [0.25, 0.3) is 5.56 Å². The van der Waals surface area contributed by atoms with Gasteiger partial charge in [0.05, 0.1) is 6.10 Å². The van der Waals surface area contributed by atoms with Crippen LogP contribution in [0.25, 0.3) is 0 Å². The first kappa shape index (κ1) is 29.0. The van der Waals surface area contributed by atoms with Crippen molar-refractivity contribution >= 4 is 17.1 Å². The molecule has 1 N–H and O–H groups in total. The maximum atomic E-state index is 13.1. The summed E-state index contributed by atoms with van der Waals surface area (Å²) in [5, 5.41) is -0.527. The predicted molar refractivity (Wildman–Crippen MR) is 124 cm³/mol. The van der Waals surface area contributed by atoms with Gasteiger partial charge in [-0.15, -0.1) is 6.42 Å². The van der Waals surface area contributed by atoms with Crippen LogP contribution in [0.3, 0.4) is 0 Å². The Labute approximate surface area is 205 Å². The summed E-state index contributed by atoms with van der Waals surface area (Å²) in [7, 11) is 0. The fourth-order valence-electron chi connectivity index (χ4n) is 3.67. The van der Waals surface area contributed by atoms with E-state index in [-0.39, 0.29) is 19.6 Å². The Hall–Kier alpha value is -2.27. The second kappa shape index (κ2) is 13.7. The largest absolute Gasteiger partial charge is 0.455 e. The van der Waals surface area contributed by atoms with Gasteiger partial charge in [-0.3, -0.25) is 14.3 Å². The molecular weight excluding hydrogens is 491 g/mol. The summed E-state index contributed by atoms with van der Waals surface area (Å²) < 4.78 is 56.5. The first-order valence-corrected chi connectivity index (χ1v) is 12.2. The summed E-state index contributed by atoms with van der Waals surface area (Å²) in [6.45, 7) is 6.43. The zero-order valence-corrected chi connectivity index (χ0v) is 20.5. The molecule has 0 spiro atoms. The molecule has 1 aliphatic heterocycles. The highest BCUT2D eigenvalue weighted by Crippen LogP contribution is 2.32. The number of aromatic nitrogens is 2. The Balaban J connectivity index is 2.02. The van der Waals surface area contributed by atoms with Gasteiger partial charge in [-0.1, -0.05) is 19.8 Å². The third-order valence-corrected chi connectivity index (χ3v) is 5.96. The molecule has 0 aromatic carbocycles.